The number of benzene rings is 4. The Hall–Kier alpha value is -6.42. The van der Waals surface area contributed by atoms with Gasteiger partial charge >= 0.3 is 140 Å². The maximum atomic E-state index is 13.9. The van der Waals surface area contributed by atoms with Crippen LogP contribution in [0.2, 0.25) is 13.3 Å². The first-order chi connectivity index (χ1) is 38.7. The minimum atomic E-state index is -2.33. The predicted octanol–water partition coefficient (Wildman–Crippen LogP) is 15.9. The van der Waals surface area contributed by atoms with Crippen LogP contribution in [0.5, 0.6) is 11.5 Å². The van der Waals surface area contributed by atoms with Crippen LogP contribution in [0.25, 0.3) is 11.3 Å². The van der Waals surface area contributed by atoms with E-state index in [1.807, 2.05) is 18.5 Å². The average Bonchev–Trinajstić information content (AvgIpc) is 3.49. The number of hydrogen-bond donors (Lipinski definition) is 2. The molecule has 20 heteroatoms. The molecule has 0 aliphatic heterocycles. The van der Waals surface area contributed by atoms with Crippen molar-refractivity contribution in [1.29, 1.82) is 0 Å². The largest absolute Gasteiger partial charge is 0.496 e. The Labute approximate surface area is 486 Å². The van der Waals surface area contributed by atoms with E-state index in [4.69, 9.17) is 14.5 Å². The molecule has 0 radical (unpaired) electrons. The summed E-state index contributed by atoms with van der Waals surface area (Å²) in [5.41, 5.74) is 3.02. The van der Waals surface area contributed by atoms with Gasteiger partial charge in [-0.15, -0.1) is 0 Å². The van der Waals surface area contributed by atoms with Crippen LogP contribution in [0.3, 0.4) is 0 Å². The van der Waals surface area contributed by atoms with Gasteiger partial charge in [0.2, 0.25) is 0 Å². The van der Waals surface area contributed by atoms with Crippen LogP contribution < -0.4 is 23.8 Å². The summed E-state index contributed by atoms with van der Waals surface area (Å²) in [5.74, 6) is -1.85. The Morgan fingerprint density at radius 3 is 1.49 bits per heavy atom. The monoisotopic (exact) mass is 1300 g/mol. The summed E-state index contributed by atoms with van der Waals surface area (Å²) in [7, 11) is 2.98. The quantitative estimate of drug-likeness (QED) is 0.0205. The molecule has 2 N–H and O–H groups in total. The molecule has 0 spiro atoms. The van der Waals surface area contributed by atoms with Crippen LogP contribution >= 0.6 is 39.5 Å². The van der Waals surface area contributed by atoms with Crippen molar-refractivity contribution in [3.63, 3.8) is 0 Å². The molecule has 8 aromatic rings. The maximum absolute atomic E-state index is 13.9. The molecule has 4 aromatic carbocycles. The smallest absolute Gasteiger partial charge is 0.198 e. The van der Waals surface area contributed by atoms with Crippen molar-refractivity contribution in [3.05, 3.63) is 184 Å². The summed E-state index contributed by atoms with van der Waals surface area (Å²) in [6, 6.07) is 27.0. The maximum Gasteiger partial charge on any atom is 0.198 e. The van der Waals surface area contributed by atoms with E-state index >= 15 is 0 Å². The summed E-state index contributed by atoms with van der Waals surface area (Å²) in [5, 5.41) is 7.10. The van der Waals surface area contributed by atoms with Gasteiger partial charge in [0, 0.05) is 51.9 Å². The van der Waals surface area contributed by atoms with E-state index in [1.54, 1.807) is 78.6 Å². The molecule has 0 amide bonds. The third kappa shape index (κ3) is 17.5. The number of carbonyl (C=O) groups is 2. The van der Waals surface area contributed by atoms with Crippen LogP contribution in [0.15, 0.2) is 149 Å². The molecule has 418 valence electrons. The minimum Gasteiger partial charge on any atom is -0.496 e. The molecular formula is C60H63BrF4N8O4S2Sn. The standard InChI is InChI=1S/C24H18F2N4O2S.C19H13BrF2N2O2.C5H5N2S.3C4H9.Sn/c1-32-21-7-3-14(19-9-10-27-24(30-19)33-2)11-17(21)23(31)15-4-8-22(28-13-15)29-20-6-5-16(25)12-18(20)26;1-26-17-6-3-12(20)8-14(17)19(25)11-2-7-18(23-10-11)24-16-5-4-13(21)9-15(16)22;1-8-5-6-3-2-4-7-5;3*1-3-4-2;/h3-13H,1-2H3,(H,28,29);2-10H,1H3,(H,23,24);2-3H,1H3;3*1,3-4H2,2H3;. The van der Waals surface area contributed by atoms with Crippen molar-refractivity contribution in [1.82, 2.24) is 29.9 Å². The number of anilines is 4. The zero-order valence-electron chi connectivity index (χ0n) is 45.6. The van der Waals surface area contributed by atoms with Crippen LogP contribution in [0.1, 0.15) is 91.1 Å². The van der Waals surface area contributed by atoms with Gasteiger partial charge in [-0.05, 0) is 97.3 Å². The molecule has 0 bridgehead atoms. The molecular weight excluding hydrogens is 1240 g/mol. The third-order valence-corrected chi connectivity index (χ3v) is 29.5. The number of thioether (sulfide) groups is 2. The number of halogens is 5. The van der Waals surface area contributed by atoms with Crippen LogP contribution in [0, 0.1) is 23.3 Å². The molecule has 0 unspecified atom stereocenters. The van der Waals surface area contributed by atoms with Crippen molar-refractivity contribution in [2.24, 2.45) is 0 Å². The number of hydrogen-bond acceptors (Lipinski definition) is 14. The SMILES string of the molecule is CCC[CH2][Sn]([CH2]CCC)([CH2]CCC)[c]1ccnc(SC)n1.COc1ccc(-c2ccnc(SC)n2)cc1C(=O)c1ccc(Nc2ccc(F)cc2F)nc1.COc1ccc(Br)cc1C(=O)c1ccc(Nc2ccc(F)cc2F)nc1. The molecule has 4 heterocycles. The van der Waals surface area contributed by atoms with E-state index in [-0.39, 0.29) is 22.9 Å². The van der Waals surface area contributed by atoms with Gasteiger partial charge in [-0.3, -0.25) is 9.59 Å². The number of aromatic nitrogens is 6. The van der Waals surface area contributed by atoms with Gasteiger partial charge in [0.1, 0.15) is 46.4 Å². The van der Waals surface area contributed by atoms with Crippen molar-refractivity contribution < 1.29 is 36.6 Å². The van der Waals surface area contributed by atoms with Crippen molar-refractivity contribution in [2.45, 2.75) is 82.9 Å². The molecule has 0 saturated heterocycles. The zero-order valence-corrected chi connectivity index (χ0v) is 51.7. The Balaban J connectivity index is 0.000000199. The summed E-state index contributed by atoms with van der Waals surface area (Å²) in [4.78, 5) is 52.2. The summed E-state index contributed by atoms with van der Waals surface area (Å²) >= 11 is 4.11. The Kier molecular flexibility index (Phi) is 24.7. The van der Waals surface area contributed by atoms with Crippen molar-refractivity contribution in [3.8, 4) is 22.8 Å². The normalized spacial score (nSPS) is 10.9. The van der Waals surface area contributed by atoms with Gasteiger partial charge in [0.05, 0.1) is 42.4 Å². The van der Waals surface area contributed by atoms with Gasteiger partial charge < -0.3 is 20.1 Å². The Morgan fingerprint density at radius 2 is 1.04 bits per heavy atom. The number of nitrogens with zero attached hydrogens (tertiary/aromatic N) is 6. The van der Waals surface area contributed by atoms with Crippen LogP contribution in [-0.2, 0) is 0 Å². The van der Waals surface area contributed by atoms with E-state index in [9.17, 15) is 27.2 Å². The topological polar surface area (TPSA) is 154 Å². The number of methoxy groups -OCH3 is 2. The van der Waals surface area contributed by atoms with Gasteiger partial charge in [0.15, 0.2) is 16.7 Å². The number of rotatable bonds is 23. The number of pyridine rings is 2. The summed E-state index contributed by atoms with van der Waals surface area (Å²) < 4.78 is 70.9. The second-order valence-corrected chi connectivity index (χ2v) is 33.7. The average molecular weight is 1300 g/mol. The molecule has 4 aromatic heterocycles. The molecule has 0 aliphatic carbocycles. The second kappa shape index (κ2) is 31.5. The number of ketones is 2. The fourth-order valence-electron chi connectivity index (χ4n) is 8.51. The van der Waals surface area contributed by atoms with Gasteiger partial charge in [-0.2, -0.15) is 0 Å². The van der Waals surface area contributed by atoms with Gasteiger partial charge in [0.25, 0.3) is 0 Å². The Bertz CT molecular complexity index is 3310. The van der Waals surface area contributed by atoms with Crippen LogP contribution in [-0.4, -0.2) is 86.6 Å². The van der Waals surface area contributed by atoms with Crippen molar-refractivity contribution in [2.75, 3.05) is 37.4 Å². The fraction of sp³-hybridized carbons (Fsp3) is 0.267. The summed E-state index contributed by atoms with van der Waals surface area (Å²) in [6.45, 7) is 6.97. The zero-order chi connectivity index (χ0) is 57.6. The minimum absolute atomic E-state index is 0.0757. The predicted molar refractivity (Wildman–Crippen MR) is 319 cm³/mol. The molecule has 12 nitrogen and oxygen atoms in total. The fourth-order valence-corrected chi connectivity index (χ4v) is 25.2. The number of nitrogens with one attached hydrogen (secondary N) is 2. The molecule has 80 heavy (non-hydrogen) atoms. The first-order valence-electron chi connectivity index (χ1n) is 25.9. The van der Waals surface area contributed by atoms with E-state index in [0.717, 1.165) is 39.5 Å². The Morgan fingerprint density at radius 1 is 0.562 bits per heavy atom. The molecule has 8 rings (SSSR count). The van der Waals surface area contributed by atoms with Gasteiger partial charge in [-0.25, -0.2) is 37.5 Å². The second-order valence-electron chi connectivity index (χ2n) is 18.2. The van der Waals surface area contributed by atoms with Gasteiger partial charge in [-0.1, -0.05) is 27.7 Å². The summed E-state index contributed by atoms with van der Waals surface area (Å²) in [6.07, 6.45) is 18.5. The first kappa shape index (κ1) is 62.8. The molecule has 0 atom stereocenters. The van der Waals surface area contributed by atoms with Crippen molar-refractivity contribution >= 4 is 96.1 Å². The number of carbonyl (C=O) groups excluding carboxylic acids is 2. The van der Waals surface area contributed by atoms with E-state index < -0.39 is 41.6 Å². The molecule has 0 saturated carbocycles. The number of unbranched alkanes of at least 4 members (excludes halogenated alkanes) is 3. The molecule has 0 aliphatic rings. The third-order valence-electron chi connectivity index (χ3n) is 12.8. The van der Waals surface area contributed by atoms with E-state index in [2.05, 4.69) is 84.6 Å². The van der Waals surface area contributed by atoms with E-state index in [1.165, 1.54) is 106 Å². The first-order valence-corrected chi connectivity index (χ1v) is 36.6. The number of ether oxygens (including phenoxy) is 2. The van der Waals surface area contributed by atoms with Crippen LogP contribution in [0.4, 0.5) is 40.6 Å². The molecule has 0 fully saturated rings. The van der Waals surface area contributed by atoms with E-state index in [0.29, 0.717) is 56.2 Å².